The lowest BCUT2D eigenvalue weighted by atomic mass is 10.0. The third-order valence-electron chi connectivity index (χ3n) is 4.43. The zero-order chi connectivity index (χ0) is 16.5. The number of rotatable bonds is 5. The van der Waals surface area contributed by atoms with Gasteiger partial charge in [0.15, 0.2) is 0 Å². The summed E-state index contributed by atoms with van der Waals surface area (Å²) in [6.07, 6.45) is 2.44. The summed E-state index contributed by atoms with van der Waals surface area (Å²) in [5.41, 5.74) is 4.25. The molecule has 1 aliphatic rings. The first kappa shape index (κ1) is 14.8. The fourth-order valence-electron chi connectivity index (χ4n) is 2.87. The molecule has 0 atom stereocenters. The highest BCUT2D eigenvalue weighted by Crippen LogP contribution is 2.41. The van der Waals surface area contributed by atoms with Crippen LogP contribution in [-0.2, 0) is 0 Å². The molecule has 1 aliphatic carbocycles. The Morgan fingerprint density at radius 1 is 0.833 bits per heavy atom. The summed E-state index contributed by atoms with van der Waals surface area (Å²) in [6.45, 7) is 0. The number of imidazole rings is 1. The first-order chi connectivity index (χ1) is 11.8. The van der Waals surface area contributed by atoms with Gasteiger partial charge in [0.05, 0.1) is 25.6 Å². The highest BCUT2D eigenvalue weighted by molar-refractivity contribution is 5.79. The van der Waals surface area contributed by atoms with Gasteiger partial charge in [0, 0.05) is 17.0 Å². The predicted molar refractivity (Wildman–Crippen MR) is 94.5 cm³/mol. The highest BCUT2D eigenvalue weighted by atomic mass is 16.5. The number of hydrogen-bond acceptors (Lipinski definition) is 3. The Bertz CT molecular complexity index is 766. The van der Waals surface area contributed by atoms with Crippen LogP contribution in [0, 0.1) is 0 Å². The van der Waals surface area contributed by atoms with Crippen LogP contribution in [0.4, 0.5) is 0 Å². The van der Waals surface area contributed by atoms with Crippen molar-refractivity contribution in [3.63, 3.8) is 0 Å². The van der Waals surface area contributed by atoms with Crippen LogP contribution in [0.15, 0.2) is 48.5 Å². The van der Waals surface area contributed by atoms with Crippen LogP contribution in [0.1, 0.15) is 24.6 Å². The van der Waals surface area contributed by atoms with Gasteiger partial charge in [0.1, 0.15) is 17.3 Å². The quantitative estimate of drug-likeness (QED) is 0.745. The van der Waals surface area contributed by atoms with Crippen LogP contribution in [0.5, 0.6) is 11.5 Å². The second-order valence-corrected chi connectivity index (χ2v) is 6.08. The number of ether oxygens (including phenoxy) is 2. The number of benzene rings is 2. The summed E-state index contributed by atoms with van der Waals surface area (Å²) in [7, 11) is 3.36. The molecule has 4 nitrogen and oxygen atoms in total. The van der Waals surface area contributed by atoms with E-state index in [0.717, 1.165) is 39.8 Å². The normalized spacial score (nSPS) is 13.8. The van der Waals surface area contributed by atoms with Gasteiger partial charge in [-0.2, -0.15) is 0 Å². The third-order valence-corrected chi connectivity index (χ3v) is 4.43. The molecular formula is C20H20N2O2. The maximum atomic E-state index is 5.26. The average Bonchev–Trinajstić information content (AvgIpc) is 3.41. The number of aromatic amines is 1. The van der Waals surface area contributed by atoms with Gasteiger partial charge in [0.25, 0.3) is 0 Å². The van der Waals surface area contributed by atoms with Crippen LogP contribution in [-0.4, -0.2) is 24.2 Å². The summed E-state index contributed by atoms with van der Waals surface area (Å²) < 4.78 is 10.5. The maximum absolute atomic E-state index is 5.26. The van der Waals surface area contributed by atoms with E-state index in [0.29, 0.717) is 5.92 Å². The topological polar surface area (TPSA) is 47.1 Å². The minimum absolute atomic E-state index is 0.578. The number of nitrogens with zero attached hydrogens (tertiary/aromatic N) is 1. The molecule has 4 rings (SSSR count). The van der Waals surface area contributed by atoms with Crippen LogP contribution >= 0.6 is 0 Å². The molecule has 24 heavy (non-hydrogen) atoms. The number of nitrogens with one attached hydrogen (secondary N) is 1. The summed E-state index contributed by atoms with van der Waals surface area (Å²) in [6, 6.07) is 16.1. The number of H-pyrrole nitrogens is 1. The summed E-state index contributed by atoms with van der Waals surface area (Å²) >= 11 is 0. The molecule has 1 heterocycles. The first-order valence-corrected chi connectivity index (χ1v) is 8.17. The number of aromatic nitrogens is 2. The smallest absolute Gasteiger partial charge is 0.118 e. The largest absolute Gasteiger partial charge is 0.497 e. The average molecular weight is 320 g/mol. The van der Waals surface area contributed by atoms with Gasteiger partial charge in [-0.25, -0.2) is 4.98 Å². The maximum Gasteiger partial charge on any atom is 0.118 e. The molecule has 1 fully saturated rings. The molecule has 0 unspecified atom stereocenters. The van der Waals surface area contributed by atoms with E-state index >= 15 is 0 Å². The lowest BCUT2D eigenvalue weighted by Crippen LogP contribution is -1.87. The molecule has 0 radical (unpaired) electrons. The number of hydrogen-bond donors (Lipinski definition) is 1. The van der Waals surface area contributed by atoms with Crippen LogP contribution in [0.25, 0.3) is 22.5 Å². The Hall–Kier alpha value is -2.75. The zero-order valence-corrected chi connectivity index (χ0v) is 13.9. The van der Waals surface area contributed by atoms with Crippen molar-refractivity contribution in [2.24, 2.45) is 0 Å². The van der Waals surface area contributed by atoms with Gasteiger partial charge < -0.3 is 14.5 Å². The zero-order valence-electron chi connectivity index (χ0n) is 13.9. The molecule has 122 valence electrons. The Kier molecular flexibility index (Phi) is 3.73. The summed E-state index contributed by atoms with van der Waals surface area (Å²) in [4.78, 5) is 8.43. The van der Waals surface area contributed by atoms with Crippen LogP contribution in [0.3, 0.4) is 0 Å². The van der Waals surface area contributed by atoms with E-state index in [-0.39, 0.29) is 0 Å². The van der Waals surface area contributed by atoms with E-state index < -0.39 is 0 Å². The lowest BCUT2D eigenvalue weighted by molar-refractivity contribution is 0.414. The van der Waals surface area contributed by atoms with Crippen molar-refractivity contribution in [1.82, 2.24) is 9.97 Å². The molecule has 1 aromatic heterocycles. The molecule has 2 aromatic carbocycles. The molecule has 4 heteroatoms. The van der Waals surface area contributed by atoms with E-state index in [2.05, 4.69) is 29.2 Å². The van der Waals surface area contributed by atoms with Gasteiger partial charge in [-0.1, -0.05) is 0 Å². The van der Waals surface area contributed by atoms with Gasteiger partial charge in [0.2, 0.25) is 0 Å². The van der Waals surface area contributed by atoms with Crippen molar-refractivity contribution in [2.75, 3.05) is 14.2 Å². The van der Waals surface area contributed by atoms with E-state index in [4.69, 9.17) is 14.5 Å². The highest BCUT2D eigenvalue weighted by Gasteiger charge is 2.28. The monoisotopic (exact) mass is 320 g/mol. The van der Waals surface area contributed by atoms with E-state index in [1.54, 1.807) is 14.2 Å². The second kappa shape index (κ2) is 6.04. The van der Waals surface area contributed by atoms with Crippen molar-refractivity contribution < 1.29 is 9.47 Å². The Morgan fingerprint density at radius 3 is 1.88 bits per heavy atom. The predicted octanol–water partition coefficient (Wildman–Crippen LogP) is 4.64. The van der Waals surface area contributed by atoms with Crippen molar-refractivity contribution in [1.29, 1.82) is 0 Å². The number of methoxy groups -OCH3 is 2. The minimum Gasteiger partial charge on any atom is -0.497 e. The second-order valence-electron chi connectivity index (χ2n) is 6.08. The SMILES string of the molecule is COc1ccc(-c2nc(C3CC3)[nH]c2-c2ccc(OC)cc2)cc1. The summed E-state index contributed by atoms with van der Waals surface area (Å²) in [5.74, 6) is 3.37. The van der Waals surface area contributed by atoms with Crippen molar-refractivity contribution in [3.8, 4) is 34.0 Å². The molecule has 0 saturated heterocycles. The molecule has 3 aromatic rings. The van der Waals surface area contributed by atoms with Crippen molar-refractivity contribution in [3.05, 3.63) is 54.4 Å². The molecule has 0 spiro atoms. The van der Waals surface area contributed by atoms with E-state index in [9.17, 15) is 0 Å². The Balaban J connectivity index is 1.78. The Labute approximate surface area is 141 Å². The first-order valence-electron chi connectivity index (χ1n) is 8.17. The minimum atomic E-state index is 0.578. The molecule has 0 bridgehead atoms. The van der Waals surface area contributed by atoms with E-state index in [1.807, 2.05) is 24.3 Å². The lowest BCUT2D eigenvalue weighted by Gasteiger charge is -2.06. The van der Waals surface area contributed by atoms with E-state index in [1.165, 1.54) is 12.8 Å². The molecule has 0 aliphatic heterocycles. The summed E-state index contributed by atoms with van der Waals surface area (Å²) in [5, 5.41) is 0. The van der Waals surface area contributed by atoms with Gasteiger partial charge in [-0.05, 0) is 61.4 Å². The van der Waals surface area contributed by atoms with Crippen LogP contribution < -0.4 is 9.47 Å². The molecule has 1 saturated carbocycles. The molecule has 1 N–H and O–H groups in total. The van der Waals surface area contributed by atoms with Crippen LogP contribution in [0.2, 0.25) is 0 Å². The van der Waals surface area contributed by atoms with Crippen molar-refractivity contribution >= 4 is 0 Å². The third kappa shape index (κ3) is 2.75. The molecular weight excluding hydrogens is 300 g/mol. The fraction of sp³-hybridized carbons (Fsp3) is 0.250. The van der Waals surface area contributed by atoms with Gasteiger partial charge in [-0.3, -0.25) is 0 Å². The van der Waals surface area contributed by atoms with Gasteiger partial charge >= 0.3 is 0 Å². The van der Waals surface area contributed by atoms with Gasteiger partial charge in [-0.15, -0.1) is 0 Å². The van der Waals surface area contributed by atoms with Crippen molar-refractivity contribution in [2.45, 2.75) is 18.8 Å². The standard InChI is InChI=1S/C20H20N2O2/c1-23-16-9-5-13(6-10-16)18-19(22-20(21-18)15-3-4-15)14-7-11-17(24-2)12-8-14/h5-12,15H,3-4H2,1-2H3,(H,21,22). The molecule has 0 amide bonds. The fourth-order valence-corrected chi connectivity index (χ4v) is 2.87. The Morgan fingerprint density at radius 2 is 1.38 bits per heavy atom.